The zero-order valence-corrected chi connectivity index (χ0v) is 14.8. The van der Waals surface area contributed by atoms with Crippen molar-refractivity contribution in [1.82, 2.24) is 5.32 Å². The van der Waals surface area contributed by atoms with E-state index in [1.165, 1.54) is 17.0 Å². The van der Waals surface area contributed by atoms with Gasteiger partial charge in [-0.3, -0.25) is 14.4 Å². The van der Waals surface area contributed by atoms with Gasteiger partial charge < -0.3 is 15.3 Å². The van der Waals surface area contributed by atoms with Gasteiger partial charge in [0.1, 0.15) is 5.82 Å². The van der Waals surface area contributed by atoms with E-state index in [-0.39, 0.29) is 41.8 Å². The highest BCUT2D eigenvalue weighted by Crippen LogP contribution is 2.29. The largest absolute Gasteiger partial charge is 0.481 e. The van der Waals surface area contributed by atoms with Crippen LogP contribution in [-0.4, -0.2) is 35.5 Å². The van der Waals surface area contributed by atoms with Crippen molar-refractivity contribution in [3.05, 3.63) is 29.0 Å². The maximum atomic E-state index is 13.6. The highest BCUT2D eigenvalue weighted by molar-refractivity contribution is 6.30. The third kappa shape index (κ3) is 3.98. The highest BCUT2D eigenvalue weighted by Gasteiger charge is 2.36. The lowest BCUT2D eigenvalue weighted by Gasteiger charge is -2.27. The van der Waals surface area contributed by atoms with Crippen molar-refractivity contribution in [3.63, 3.8) is 0 Å². The summed E-state index contributed by atoms with van der Waals surface area (Å²) in [6, 6.07) is 4.06. The summed E-state index contributed by atoms with van der Waals surface area (Å²) in [5.74, 6) is -2.69. The molecular formula is C18H20ClFN2O4. The Morgan fingerprint density at radius 3 is 2.50 bits per heavy atom. The molecule has 1 saturated carbocycles. The Hall–Kier alpha value is -2.15. The molecule has 0 aromatic heterocycles. The van der Waals surface area contributed by atoms with Gasteiger partial charge in [0.15, 0.2) is 0 Å². The second kappa shape index (κ2) is 7.61. The number of carbonyl (C=O) groups excluding carboxylic acids is 2. The van der Waals surface area contributed by atoms with Crippen LogP contribution in [-0.2, 0) is 14.4 Å². The standard InChI is InChI=1S/C18H20ClFN2O4/c19-14-6-5-13(8-15(14)20)22-9-11(7-16(22)23)17(24)21-12-3-1-10(2-4-12)18(25)26/h5-6,8,10-12H,1-4,7,9H2,(H,21,24)(H,25,26). The average Bonchev–Trinajstić information content (AvgIpc) is 3.00. The molecular weight excluding hydrogens is 363 g/mol. The Morgan fingerprint density at radius 1 is 1.19 bits per heavy atom. The highest BCUT2D eigenvalue weighted by atomic mass is 35.5. The van der Waals surface area contributed by atoms with Gasteiger partial charge in [-0.1, -0.05) is 11.6 Å². The van der Waals surface area contributed by atoms with Gasteiger partial charge in [-0.15, -0.1) is 0 Å². The fourth-order valence-corrected chi connectivity index (χ4v) is 3.71. The summed E-state index contributed by atoms with van der Waals surface area (Å²) in [7, 11) is 0. The number of hydrogen-bond donors (Lipinski definition) is 2. The minimum atomic E-state index is -0.790. The SMILES string of the molecule is O=C(O)C1CCC(NC(=O)C2CC(=O)N(c3ccc(Cl)c(F)c3)C2)CC1. The number of amides is 2. The van der Waals surface area contributed by atoms with Crippen molar-refractivity contribution in [1.29, 1.82) is 0 Å². The van der Waals surface area contributed by atoms with Gasteiger partial charge >= 0.3 is 5.97 Å². The summed E-state index contributed by atoms with van der Waals surface area (Å²) in [5.41, 5.74) is 0.383. The predicted octanol–water partition coefficient (Wildman–Crippen LogP) is 2.59. The van der Waals surface area contributed by atoms with E-state index in [4.69, 9.17) is 16.7 Å². The molecule has 2 amide bonds. The summed E-state index contributed by atoms with van der Waals surface area (Å²) in [6.07, 6.45) is 2.39. The maximum Gasteiger partial charge on any atom is 0.306 e. The number of halogens is 2. The van der Waals surface area contributed by atoms with E-state index in [1.807, 2.05) is 0 Å². The van der Waals surface area contributed by atoms with Gasteiger partial charge in [0.25, 0.3) is 0 Å². The van der Waals surface area contributed by atoms with E-state index < -0.39 is 17.7 Å². The first kappa shape index (κ1) is 18.6. The average molecular weight is 383 g/mol. The molecule has 1 aromatic rings. The third-order valence-electron chi connectivity index (χ3n) is 5.13. The van der Waals surface area contributed by atoms with Gasteiger partial charge in [0.05, 0.1) is 16.9 Å². The molecule has 26 heavy (non-hydrogen) atoms. The van der Waals surface area contributed by atoms with Crippen LogP contribution in [0.5, 0.6) is 0 Å². The van der Waals surface area contributed by atoms with Crippen molar-refractivity contribution < 1.29 is 23.9 Å². The van der Waals surface area contributed by atoms with E-state index in [0.717, 1.165) is 0 Å². The van der Waals surface area contributed by atoms with Crippen LogP contribution in [0.4, 0.5) is 10.1 Å². The van der Waals surface area contributed by atoms with Crippen molar-refractivity contribution in [2.45, 2.75) is 38.1 Å². The van der Waals surface area contributed by atoms with E-state index in [0.29, 0.717) is 31.4 Å². The summed E-state index contributed by atoms with van der Waals surface area (Å²) in [6.45, 7) is 0.191. The Labute approximate surface area is 155 Å². The van der Waals surface area contributed by atoms with E-state index in [9.17, 15) is 18.8 Å². The third-order valence-corrected chi connectivity index (χ3v) is 5.44. The lowest BCUT2D eigenvalue weighted by Crippen LogP contribution is -2.42. The summed E-state index contributed by atoms with van der Waals surface area (Å²) < 4.78 is 13.6. The molecule has 8 heteroatoms. The number of carbonyl (C=O) groups is 3. The van der Waals surface area contributed by atoms with Crippen LogP contribution in [0.1, 0.15) is 32.1 Å². The van der Waals surface area contributed by atoms with Crippen LogP contribution < -0.4 is 10.2 Å². The van der Waals surface area contributed by atoms with Crippen molar-refractivity contribution in [3.8, 4) is 0 Å². The number of benzene rings is 1. The summed E-state index contributed by atoms with van der Waals surface area (Å²) in [5, 5.41) is 11.9. The van der Waals surface area contributed by atoms with E-state index >= 15 is 0 Å². The second-order valence-electron chi connectivity index (χ2n) is 6.90. The molecule has 1 heterocycles. The summed E-state index contributed by atoms with van der Waals surface area (Å²) >= 11 is 5.66. The first-order valence-electron chi connectivity index (χ1n) is 8.63. The molecule has 1 saturated heterocycles. The first-order chi connectivity index (χ1) is 12.3. The molecule has 0 bridgehead atoms. The van der Waals surface area contributed by atoms with E-state index in [2.05, 4.69) is 5.32 Å². The molecule has 1 aliphatic heterocycles. The number of carboxylic acids is 1. The molecule has 1 aliphatic carbocycles. The molecule has 1 atom stereocenters. The van der Waals surface area contributed by atoms with Gasteiger partial charge in [-0.05, 0) is 43.9 Å². The van der Waals surface area contributed by atoms with Gasteiger partial charge in [0.2, 0.25) is 11.8 Å². The molecule has 1 unspecified atom stereocenters. The first-order valence-corrected chi connectivity index (χ1v) is 9.01. The quantitative estimate of drug-likeness (QED) is 0.838. The van der Waals surface area contributed by atoms with Crippen LogP contribution >= 0.6 is 11.6 Å². The normalized spacial score (nSPS) is 26.0. The van der Waals surface area contributed by atoms with Gasteiger partial charge in [0, 0.05) is 24.7 Å². The Morgan fingerprint density at radius 2 is 1.88 bits per heavy atom. The van der Waals surface area contributed by atoms with E-state index in [1.54, 1.807) is 6.07 Å². The minimum Gasteiger partial charge on any atom is -0.481 e. The summed E-state index contributed by atoms with van der Waals surface area (Å²) in [4.78, 5) is 37.1. The number of carboxylic acid groups (broad SMARTS) is 1. The Bertz CT molecular complexity index is 734. The van der Waals surface area contributed by atoms with Gasteiger partial charge in [-0.25, -0.2) is 4.39 Å². The molecule has 0 radical (unpaired) electrons. The predicted molar refractivity (Wildman–Crippen MR) is 93.4 cm³/mol. The lowest BCUT2D eigenvalue weighted by molar-refractivity contribution is -0.142. The zero-order valence-electron chi connectivity index (χ0n) is 14.1. The number of nitrogens with one attached hydrogen (secondary N) is 1. The van der Waals surface area contributed by atoms with Crippen molar-refractivity contribution in [2.24, 2.45) is 11.8 Å². The number of anilines is 1. The van der Waals surface area contributed by atoms with Crippen LogP contribution in [0, 0.1) is 17.7 Å². The molecule has 3 rings (SSSR count). The monoisotopic (exact) mass is 382 g/mol. The molecule has 1 aromatic carbocycles. The second-order valence-corrected chi connectivity index (χ2v) is 7.31. The maximum absolute atomic E-state index is 13.6. The molecule has 6 nitrogen and oxygen atoms in total. The van der Waals surface area contributed by atoms with Crippen LogP contribution in [0.15, 0.2) is 18.2 Å². The minimum absolute atomic E-state index is 0.0216. The van der Waals surface area contributed by atoms with Crippen molar-refractivity contribution >= 4 is 35.1 Å². The Balaban J connectivity index is 1.57. The number of hydrogen-bond acceptors (Lipinski definition) is 3. The van der Waals surface area contributed by atoms with Crippen molar-refractivity contribution in [2.75, 3.05) is 11.4 Å². The molecule has 2 N–H and O–H groups in total. The Kier molecular flexibility index (Phi) is 5.46. The fraction of sp³-hybridized carbons (Fsp3) is 0.500. The number of nitrogens with zero attached hydrogens (tertiary/aromatic N) is 1. The van der Waals surface area contributed by atoms with Crippen LogP contribution in [0.25, 0.3) is 0 Å². The number of rotatable bonds is 4. The number of aliphatic carboxylic acids is 1. The molecule has 140 valence electrons. The molecule has 0 spiro atoms. The zero-order chi connectivity index (χ0) is 18.8. The van der Waals surface area contributed by atoms with Gasteiger partial charge in [-0.2, -0.15) is 0 Å². The molecule has 2 fully saturated rings. The smallest absolute Gasteiger partial charge is 0.306 e. The topological polar surface area (TPSA) is 86.7 Å². The van der Waals surface area contributed by atoms with Crippen LogP contribution in [0.2, 0.25) is 5.02 Å². The fourth-order valence-electron chi connectivity index (χ4n) is 3.59. The van der Waals surface area contributed by atoms with Crippen LogP contribution in [0.3, 0.4) is 0 Å². The molecule has 2 aliphatic rings. The lowest BCUT2D eigenvalue weighted by atomic mass is 9.86.